The lowest BCUT2D eigenvalue weighted by molar-refractivity contribution is -0.670. The van der Waals surface area contributed by atoms with Crippen LogP contribution in [-0.2, 0) is 4.74 Å². The van der Waals surface area contributed by atoms with Crippen LogP contribution in [0.4, 0.5) is 4.39 Å². The van der Waals surface area contributed by atoms with Crippen molar-refractivity contribution in [2.45, 2.75) is 33.8 Å². The van der Waals surface area contributed by atoms with E-state index in [2.05, 4.69) is 12.2 Å². The predicted octanol–water partition coefficient (Wildman–Crippen LogP) is 3.38. The van der Waals surface area contributed by atoms with Crippen LogP contribution in [0.5, 0.6) is 11.7 Å². The molecule has 2 aromatic rings. The van der Waals surface area contributed by atoms with Gasteiger partial charge in [0.2, 0.25) is 11.0 Å². The van der Waals surface area contributed by atoms with Gasteiger partial charge in [-0.1, -0.05) is 20.8 Å². The number of rotatable bonds is 10. The maximum Gasteiger partial charge on any atom is 0.383 e. The van der Waals surface area contributed by atoms with E-state index in [1.807, 2.05) is 45.0 Å². The van der Waals surface area contributed by atoms with Crippen molar-refractivity contribution in [3.63, 3.8) is 0 Å². The molecule has 1 aromatic carbocycles. The Balaban J connectivity index is 1.85. The summed E-state index contributed by atoms with van der Waals surface area (Å²) in [6.07, 6.45) is 1.62. The van der Waals surface area contributed by atoms with Crippen molar-refractivity contribution in [3.8, 4) is 17.4 Å². The minimum Gasteiger partial charge on any atom is -0.490 e. The summed E-state index contributed by atoms with van der Waals surface area (Å²) < 4.78 is 35.9. The number of benzene rings is 1. The summed E-state index contributed by atoms with van der Waals surface area (Å²) >= 11 is 0. The molecule has 0 aliphatic heterocycles. The van der Waals surface area contributed by atoms with Crippen LogP contribution in [0.3, 0.4) is 0 Å². The second-order valence-corrected chi connectivity index (χ2v) is 7.28. The summed E-state index contributed by atoms with van der Waals surface area (Å²) in [6.45, 7) is 8.28. The minimum absolute atomic E-state index is 0.0332. The average molecular weight is 367 g/mol. The Bertz CT molecular complexity index is 672. The van der Waals surface area contributed by atoms with Gasteiger partial charge in [0.1, 0.15) is 11.9 Å². The van der Waals surface area contributed by atoms with E-state index >= 15 is 0 Å². The van der Waals surface area contributed by atoms with E-state index in [0.717, 1.165) is 11.4 Å². The summed E-state index contributed by atoms with van der Waals surface area (Å²) in [6, 6.07) is 7.52. The van der Waals surface area contributed by atoms with Gasteiger partial charge in [0.25, 0.3) is 6.20 Å². The first-order valence-electron chi connectivity index (χ1n) is 8.68. The van der Waals surface area contributed by atoms with E-state index in [4.69, 9.17) is 18.7 Å². The zero-order chi connectivity index (χ0) is 19.2. The van der Waals surface area contributed by atoms with Gasteiger partial charge in [0.05, 0.1) is 27.0 Å². The summed E-state index contributed by atoms with van der Waals surface area (Å²) in [5, 5.41) is 3.87. The molecule has 0 saturated carbocycles. The first-order chi connectivity index (χ1) is 12.3. The lowest BCUT2D eigenvalue weighted by Crippen LogP contribution is -2.31. The molecule has 6 nitrogen and oxygen atoms in total. The van der Waals surface area contributed by atoms with Gasteiger partial charge in [-0.2, -0.15) is 0 Å². The largest absolute Gasteiger partial charge is 0.490 e. The number of methoxy groups -OCH3 is 1. The monoisotopic (exact) mass is 367 g/mol. The second kappa shape index (κ2) is 8.98. The molecule has 0 N–H and O–H groups in total. The zero-order valence-corrected chi connectivity index (χ0v) is 16.1. The van der Waals surface area contributed by atoms with E-state index in [1.54, 1.807) is 10.9 Å². The van der Waals surface area contributed by atoms with E-state index in [-0.39, 0.29) is 12.0 Å². The molecule has 0 fully saturated rings. The van der Waals surface area contributed by atoms with Gasteiger partial charge in [0.15, 0.2) is 0 Å². The average Bonchev–Trinajstić information content (AvgIpc) is 3.11. The van der Waals surface area contributed by atoms with Gasteiger partial charge in [0, 0.05) is 23.5 Å². The molecule has 144 valence electrons. The summed E-state index contributed by atoms with van der Waals surface area (Å²) in [5.74, 6) is 1.27. The number of halogens is 1. The maximum atomic E-state index is 12.8. The smallest absolute Gasteiger partial charge is 0.383 e. The topological polar surface area (TPSA) is 57.6 Å². The number of hydrogen-bond donors (Lipinski definition) is 0. The molecule has 2 unspecified atom stereocenters. The molecular weight excluding hydrogens is 339 g/mol. The fraction of sp³-hybridized carbons (Fsp3) is 0.579. The predicted molar refractivity (Wildman–Crippen MR) is 94.4 cm³/mol. The number of ether oxygens (including phenoxy) is 3. The fourth-order valence-electron chi connectivity index (χ4n) is 2.15. The molecule has 7 heteroatoms. The molecular formula is C19H28FN2O4+. The lowest BCUT2D eigenvalue weighted by atomic mass is 9.97. The van der Waals surface area contributed by atoms with Crippen LogP contribution >= 0.6 is 0 Å². The third kappa shape index (κ3) is 5.69. The Kier molecular flexibility index (Phi) is 6.97. The number of aromatic nitrogens is 2. The normalized spacial score (nSPS) is 14.1. The zero-order valence-electron chi connectivity index (χ0n) is 16.1. The maximum absolute atomic E-state index is 12.8. The van der Waals surface area contributed by atoms with Crippen LogP contribution < -0.4 is 14.2 Å². The molecule has 2 rings (SSSR count). The van der Waals surface area contributed by atoms with E-state index in [1.165, 1.54) is 7.11 Å². The van der Waals surface area contributed by atoms with Gasteiger partial charge in [-0.3, -0.25) is 8.91 Å². The van der Waals surface area contributed by atoms with Gasteiger partial charge in [-0.05, 0) is 23.7 Å². The van der Waals surface area contributed by atoms with Crippen molar-refractivity contribution in [1.29, 1.82) is 0 Å². The van der Waals surface area contributed by atoms with Crippen LogP contribution in [-0.4, -0.2) is 38.4 Å². The quantitative estimate of drug-likeness (QED) is 0.603. The Labute approximate surface area is 153 Å². The van der Waals surface area contributed by atoms with Crippen molar-refractivity contribution in [3.05, 3.63) is 30.5 Å². The van der Waals surface area contributed by atoms with E-state index in [9.17, 15) is 4.39 Å². The lowest BCUT2D eigenvalue weighted by Gasteiger charge is -2.24. The Morgan fingerprint density at radius 3 is 2.50 bits per heavy atom. The Morgan fingerprint density at radius 2 is 1.92 bits per heavy atom. The molecule has 26 heavy (non-hydrogen) atoms. The molecule has 0 bridgehead atoms. The van der Waals surface area contributed by atoms with Crippen LogP contribution in [0.2, 0.25) is 0 Å². The van der Waals surface area contributed by atoms with Crippen molar-refractivity contribution in [2.75, 3.05) is 27.0 Å². The fourth-order valence-corrected chi connectivity index (χ4v) is 2.15. The van der Waals surface area contributed by atoms with Crippen molar-refractivity contribution in [2.24, 2.45) is 11.3 Å². The molecule has 1 heterocycles. The molecule has 0 amide bonds. The molecule has 0 aliphatic carbocycles. The SMILES string of the molecule is COc1c[n+](-c2ccc(OC(C)C(C)COCC(C)(C)CF)cc2)no1. The summed E-state index contributed by atoms with van der Waals surface area (Å²) in [7, 11) is 1.52. The van der Waals surface area contributed by atoms with Gasteiger partial charge in [-0.25, -0.2) is 0 Å². The molecule has 0 radical (unpaired) electrons. The van der Waals surface area contributed by atoms with Crippen LogP contribution in [0.1, 0.15) is 27.7 Å². The summed E-state index contributed by atoms with van der Waals surface area (Å²) in [5.41, 5.74) is 0.392. The Hall–Kier alpha value is -2.15. The third-order valence-corrected chi connectivity index (χ3v) is 4.11. The highest BCUT2D eigenvalue weighted by Gasteiger charge is 2.21. The van der Waals surface area contributed by atoms with Gasteiger partial charge in [-0.15, -0.1) is 0 Å². The Morgan fingerprint density at radius 1 is 1.23 bits per heavy atom. The van der Waals surface area contributed by atoms with E-state index < -0.39 is 12.1 Å². The van der Waals surface area contributed by atoms with Crippen molar-refractivity contribution >= 4 is 0 Å². The molecule has 0 saturated heterocycles. The first kappa shape index (κ1) is 20.2. The highest BCUT2D eigenvalue weighted by molar-refractivity contribution is 5.31. The number of nitrogens with zero attached hydrogens (tertiary/aromatic N) is 2. The van der Waals surface area contributed by atoms with Crippen LogP contribution in [0.25, 0.3) is 5.69 Å². The van der Waals surface area contributed by atoms with Gasteiger partial charge >= 0.3 is 5.95 Å². The van der Waals surface area contributed by atoms with E-state index in [0.29, 0.717) is 19.2 Å². The van der Waals surface area contributed by atoms with Crippen molar-refractivity contribution < 1.29 is 27.8 Å². The highest BCUT2D eigenvalue weighted by Crippen LogP contribution is 2.19. The molecule has 1 aromatic heterocycles. The van der Waals surface area contributed by atoms with Crippen LogP contribution in [0, 0.1) is 11.3 Å². The standard InChI is InChI=1S/C19H28FN2O4/c1-14(11-24-13-19(3,4)12-20)15(2)25-17-8-6-16(7-9-17)22-10-18(23-5)26-21-22/h6-10,14-15H,11-13H2,1-5H3/q+1. The number of hydrogen-bond acceptors (Lipinski definition) is 5. The second-order valence-electron chi connectivity index (χ2n) is 7.28. The molecule has 0 aliphatic rings. The third-order valence-electron chi connectivity index (χ3n) is 4.11. The molecule has 2 atom stereocenters. The molecule has 0 spiro atoms. The first-order valence-corrected chi connectivity index (χ1v) is 8.68. The number of alkyl halides is 1. The van der Waals surface area contributed by atoms with Crippen LogP contribution in [0.15, 0.2) is 35.0 Å². The minimum atomic E-state index is -0.443. The summed E-state index contributed by atoms with van der Waals surface area (Å²) in [4.78, 5) is 0. The highest BCUT2D eigenvalue weighted by atomic mass is 19.1. The van der Waals surface area contributed by atoms with Gasteiger partial charge < -0.3 is 14.2 Å². The van der Waals surface area contributed by atoms with Crippen molar-refractivity contribution in [1.82, 2.24) is 5.27 Å².